The molecule has 0 aliphatic heterocycles. The zero-order valence-corrected chi connectivity index (χ0v) is 12.5. The number of nitriles is 1. The molecule has 2 aromatic heterocycles. The maximum Gasteiger partial charge on any atom is 0.145 e. The average molecular weight is 314 g/mol. The van der Waals surface area contributed by atoms with E-state index in [2.05, 4.69) is 9.97 Å². The first-order valence-electron chi connectivity index (χ1n) is 7.35. The third kappa shape index (κ3) is 2.22. The van der Waals surface area contributed by atoms with Crippen LogP contribution < -0.4 is 0 Å². The van der Waals surface area contributed by atoms with Gasteiger partial charge >= 0.3 is 0 Å². The molecule has 0 amide bonds. The number of halogens is 1. The summed E-state index contributed by atoms with van der Waals surface area (Å²) in [6.45, 7) is 0. The third-order valence-electron chi connectivity index (χ3n) is 3.88. The quantitative estimate of drug-likeness (QED) is 0.560. The van der Waals surface area contributed by atoms with Gasteiger partial charge in [0.05, 0.1) is 11.1 Å². The van der Waals surface area contributed by atoms with Crippen LogP contribution in [0.25, 0.3) is 28.0 Å². The molecule has 4 rings (SSSR count). The van der Waals surface area contributed by atoms with Gasteiger partial charge in [0.2, 0.25) is 0 Å². The molecule has 24 heavy (non-hydrogen) atoms. The predicted octanol–water partition coefficient (Wildman–Crippen LogP) is 4.10. The maximum absolute atomic E-state index is 13.6. The van der Waals surface area contributed by atoms with E-state index in [-0.39, 0.29) is 5.56 Å². The summed E-state index contributed by atoms with van der Waals surface area (Å²) in [5.41, 5.74) is 2.49. The monoisotopic (exact) mass is 314 g/mol. The van der Waals surface area contributed by atoms with Crippen molar-refractivity contribution in [2.45, 2.75) is 0 Å². The van der Waals surface area contributed by atoms with Crippen LogP contribution in [0.2, 0.25) is 0 Å². The van der Waals surface area contributed by atoms with Crippen LogP contribution in [0.5, 0.6) is 0 Å². The first-order valence-corrected chi connectivity index (χ1v) is 7.35. The predicted molar refractivity (Wildman–Crippen MR) is 89.0 cm³/mol. The molecule has 0 aliphatic carbocycles. The summed E-state index contributed by atoms with van der Waals surface area (Å²) < 4.78 is 15.4. The number of imidazole rings is 1. The molecule has 4 nitrogen and oxygen atoms in total. The Morgan fingerprint density at radius 1 is 1.00 bits per heavy atom. The van der Waals surface area contributed by atoms with Crippen LogP contribution in [0.3, 0.4) is 0 Å². The van der Waals surface area contributed by atoms with Gasteiger partial charge in [0.1, 0.15) is 17.7 Å². The highest BCUT2D eigenvalue weighted by molar-refractivity contribution is 5.92. The summed E-state index contributed by atoms with van der Waals surface area (Å²) in [5, 5.41) is 10.0. The number of benzene rings is 2. The van der Waals surface area contributed by atoms with Crippen LogP contribution in [0, 0.1) is 17.1 Å². The number of hydrogen-bond donors (Lipinski definition) is 0. The molecule has 0 aliphatic rings. The fraction of sp³-hybridized carbons (Fsp3) is 0. The van der Waals surface area contributed by atoms with Gasteiger partial charge in [-0.1, -0.05) is 18.2 Å². The van der Waals surface area contributed by atoms with E-state index in [1.807, 2.05) is 41.0 Å². The van der Waals surface area contributed by atoms with Gasteiger partial charge in [-0.3, -0.25) is 9.55 Å². The number of fused-ring (bicyclic) bond motifs is 1. The molecule has 2 aromatic carbocycles. The first-order chi connectivity index (χ1) is 11.8. The van der Waals surface area contributed by atoms with E-state index in [1.165, 1.54) is 12.1 Å². The van der Waals surface area contributed by atoms with E-state index in [1.54, 1.807) is 24.7 Å². The molecular weight excluding hydrogens is 303 g/mol. The third-order valence-corrected chi connectivity index (χ3v) is 3.88. The van der Waals surface area contributed by atoms with Gasteiger partial charge in [-0.25, -0.2) is 9.37 Å². The number of aromatic nitrogens is 3. The van der Waals surface area contributed by atoms with Gasteiger partial charge in [-0.05, 0) is 30.3 Å². The van der Waals surface area contributed by atoms with Crippen molar-refractivity contribution in [3.63, 3.8) is 0 Å². The Bertz CT molecular complexity index is 1090. The average Bonchev–Trinajstić information content (AvgIpc) is 3.11. The minimum atomic E-state index is -0.530. The molecule has 4 aromatic rings. The van der Waals surface area contributed by atoms with Gasteiger partial charge in [0, 0.05) is 35.2 Å². The van der Waals surface area contributed by atoms with E-state index < -0.39 is 5.82 Å². The lowest BCUT2D eigenvalue weighted by molar-refractivity contribution is 0.623. The summed E-state index contributed by atoms with van der Waals surface area (Å²) in [6.07, 6.45) is 5.21. The number of pyridine rings is 1. The van der Waals surface area contributed by atoms with Crippen molar-refractivity contribution in [2.75, 3.05) is 0 Å². The lowest BCUT2D eigenvalue weighted by Gasteiger charge is -2.10. The molecule has 0 bridgehead atoms. The molecule has 0 saturated heterocycles. The summed E-state index contributed by atoms with van der Waals surface area (Å²) in [5.74, 6) is 0.182. The summed E-state index contributed by atoms with van der Waals surface area (Å²) in [4.78, 5) is 8.81. The summed E-state index contributed by atoms with van der Waals surface area (Å²) >= 11 is 0. The Kier molecular flexibility index (Phi) is 3.29. The van der Waals surface area contributed by atoms with Crippen LogP contribution in [0.15, 0.2) is 67.1 Å². The Balaban J connectivity index is 1.94. The smallest absolute Gasteiger partial charge is 0.145 e. The second-order valence-electron chi connectivity index (χ2n) is 5.27. The lowest BCUT2D eigenvalue weighted by Crippen LogP contribution is -1.98. The topological polar surface area (TPSA) is 54.5 Å². The number of rotatable bonds is 2. The largest absolute Gasteiger partial charge is 0.300 e. The molecule has 0 fully saturated rings. The minimum absolute atomic E-state index is 0.00624. The van der Waals surface area contributed by atoms with Crippen LogP contribution >= 0.6 is 0 Å². The highest BCUT2D eigenvalue weighted by Gasteiger charge is 2.12. The highest BCUT2D eigenvalue weighted by Crippen LogP contribution is 2.28. The SMILES string of the molecule is N#Cc1cc(-n2ccnc2-c2ccnc3ccccc23)ccc1F. The number of hydrogen-bond acceptors (Lipinski definition) is 3. The van der Waals surface area contributed by atoms with Gasteiger partial charge in [0.25, 0.3) is 0 Å². The summed E-state index contributed by atoms with van der Waals surface area (Å²) in [7, 11) is 0. The minimum Gasteiger partial charge on any atom is -0.300 e. The van der Waals surface area contributed by atoms with E-state index in [9.17, 15) is 4.39 Å². The summed E-state index contributed by atoms with van der Waals surface area (Å²) in [6, 6.07) is 16.0. The fourth-order valence-electron chi connectivity index (χ4n) is 2.75. The molecule has 0 saturated carbocycles. The Labute approximate surface area is 137 Å². The second kappa shape index (κ2) is 5.60. The van der Waals surface area contributed by atoms with Crippen molar-refractivity contribution in [3.05, 3.63) is 78.5 Å². The van der Waals surface area contributed by atoms with Gasteiger partial charge < -0.3 is 0 Å². The second-order valence-corrected chi connectivity index (χ2v) is 5.27. The zero-order valence-electron chi connectivity index (χ0n) is 12.5. The van der Waals surface area contributed by atoms with Gasteiger partial charge in [-0.2, -0.15) is 5.26 Å². The van der Waals surface area contributed by atoms with Crippen LogP contribution in [-0.4, -0.2) is 14.5 Å². The van der Waals surface area contributed by atoms with E-state index in [0.29, 0.717) is 11.5 Å². The zero-order chi connectivity index (χ0) is 16.5. The molecule has 0 N–H and O–H groups in total. The molecule has 0 spiro atoms. The molecule has 0 unspecified atom stereocenters. The van der Waals surface area contributed by atoms with Crippen molar-refractivity contribution >= 4 is 10.9 Å². The number of para-hydroxylation sites is 1. The Morgan fingerprint density at radius 3 is 2.75 bits per heavy atom. The highest BCUT2D eigenvalue weighted by atomic mass is 19.1. The molecular formula is C19H11FN4. The normalized spacial score (nSPS) is 10.7. The Morgan fingerprint density at radius 2 is 1.88 bits per heavy atom. The van der Waals surface area contributed by atoms with Crippen LogP contribution in [0.4, 0.5) is 4.39 Å². The lowest BCUT2D eigenvalue weighted by atomic mass is 10.1. The maximum atomic E-state index is 13.6. The molecule has 2 heterocycles. The van der Waals surface area contributed by atoms with Gasteiger partial charge in [0.15, 0.2) is 0 Å². The number of nitrogens with zero attached hydrogens (tertiary/aromatic N) is 4. The van der Waals surface area contributed by atoms with E-state index in [0.717, 1.165) is 16.5 Å². The van der Waals surface area contributed by atoms with E-state index >= 15 is 0 Å². The van der Waals surface area contributed by atoms with Crippen LogP contribution in [0.1, 0.15) is 5.56 Å². The van der Waals surface area contributed by atoms with Crippen molar-refractivity contribution in [3.8, 4) is 23.1 Å². The standard InChI is InChI=1S/C19H11FN4/c20-17-6-5-14(11-13(17)12-21)24-10-9-23-19(24)16-7-8-22-18-4-2-1-3-15(16)18/h1-11H. The molecule has 5 heteroatoms. The van der Waals surface area contributed by atoms with Crippen molar-refractivity contribution in [1.29, 1.82) is 5.26 Å². The Hall–Kier alpha value is -3.52. The van der Waals surface area contributed by atoms with Crippen molar-refractivity contribution < 1.29 is 4.39 Å². The first kappa shape index (κ1) is 14.1. The van der Waals surface area contributed by atoms with Crippen molar-refractivity contribution in [1.82, 2.24) is 14.5 Å². The molecule has 0 radical (unpaired) electrons. The fourth-order valence-corrected chi connectivity index (χ4v) is 2.75. The van der Waals surface area contributed by atoms with E-state index in [4.69, 9.17) is 5.26 Å². The van der Waals surface area contributed by atoms with Crippen LogP contribution in [-0.2, 0) is 0 Å². The van der Waals surface area contributed by atoms with Gasteiger partial charge in [-0.15, -0.1) is 0 Å². The molecule has 114 valence electrons. The molecule has 0 atom stereocenters. The van der Waals surface area contributed by atoms with Crippen molar-refractivity contribution in [2.24, 2.45) is 0 Å².